The van der Waals surface area contributed by atoms with Gasteiger partial charge in [-0.3, -0.25) is 9.35 Å². The second-order valence-electron chi connectivity index (χ2n) is 7.87. The molecule has 0 aliphatic carbocycles. The average Bonchev–Trinajstić information content (AvgIpc) is 2.72. The highest BCUT2D eigenvalue weighted by atomic mass is 32.2. The van der Waals surface area contributed by atoms with Gasteiger partial charge in [-0.25, -0.2) is 14.8 Å². The molecule has 3 rings (SSSR count). The minimum Gasteiger partial charge on any atom is -0.627 e. The van der Waals surface area contributed by atoms with Crippen LogP contribution in [0.25, 0.3) is 11.2 Å². The number of amides is 1. The number of nitrogen functional groups attached to an aromatic ring is 2. The zero-order chi connectivity index (χ0) is 26.1. The number of fused-ring (bicyclic) bond motifs is 1. The quantitative estimate of drug-likeness (QED) is 0.148. The third-order valence-electron chi connectivity index (χ3n) is 4.91. The topological polar surface area (TPSA) is 247 Å². The summed E-state index contributed by atoms with van der Waals surface area (Å²) >= 11 is 0. The Morgan fingerprint density at radius 2 is 1.91 bits per heavy atom. The number of rotatable bonds is 8. The Hall–Kier alpha value is -3.99. The van der Waals surface area contributed by atoms with Crippen molar-refractivity contribution in [3.8, 4) is 0 Å². The minimum absolute atomic E-state index is 0.0131. The van der Waals surface area contributed by atoms with Crippen molar-refractivity contribution in [2.75, 3.05) is 24.3 Å². The summed E-state index contributed by atoms with van der Waals surface area (Å²) in [6.07, 6.45) is 1.36. The number of hydroxylamine groups is 2. The first-order valence-corrected chi connectivity index (χ1v) is 11.5. The van der Waals surface area contributed by atoms with Crippen molar-refractivity contribution < 1.29 is 27.7 Å². The molecule has 0 spiro atoms. The highest BCUT2D eigenvalue weighted by Crippen LogP contribution is 2.28. The third kappa shape index (κ3) is 6.12. The molecule has 0 saturated carbocycles. The van der Waals surface area contributed by atoms with Crippen LogP contribution in [0.5, 0.6) is 0 Å². The van der Waals surface area contributed by atoms with E-state index in [1.165, 1.54) is 31.4 Å². The lowest BCUT2D eigenvalue weighted by Gasteiger charge is -2.38. The fraction of sp³-hybridized carbons (Fsp3) is 0.263. The van der Waals surface area contributed by atoms with Crippen molar-refractivity contribution in [2.24, 2.45) is 0 Å². The summed E-state index contributed by atoms with van der Waals surface area (Å²) in [6, 6.07) is 2.17. The molecule has 15 nitrogen and oxygen atoms in total. The van der Waals surface area contributed by atoms with E-state index in [1.54, 1.807) is 6.92 Å². The Labute approximate surface area is 198 Å². The Balaban J connectivity index is 1.83. The van der Waals surface area contributed by atoms with Gasteiger partial charge in [0.05, 0.1) is 13.2 Å². The first kappa shape index (κ1) is 25.6. The Morgan fingerprint density at radius 1 is 1.23 bits per heavy atom. The number of quaternary nitrogens is 1. The van der Waals surface area contributed by atoms with E-state index in [1.807, 2.05) is 5.32 Å². The number of aromatic nitrogens is 4. The van der Waals surface area contributed by atoms with Gasteiger partial charge in [0.25, 0.3) is 16.0 Å². The summed E-state index contributed by atoms with van der Waals surface area (Å²) in [5.41, 5.74) is 12.7. The van der Waals surface area contributed by atoms with Gasteiger partial charge >= 0.3 is 5.97 Å². The van der Waals surface area contributed by atoms with Crippen LogP contribution >= 0.6 is 0 Å². The zero-order valence-corrected chi connectivity index (χ0v) is 19.4. The summed E-state index contributed by atoms with van der Waals surface area (Å²) in [5, 5.41) is 24.5. The van der Waals surface area contributed by atoms with Gasteiger partial charge in [-0.05, 0) is 19.1 Å². The monoisotopic (exact) mass is 506 g/mol. The summed E-state index contributed by atoms with van der Waals surface area (Å²) in [4.78, 5) is 39.9. The number of nitrogens with one attached hydrogen (secondary N) is 1. The van der Waals surface area contributed by atoms with E-state index in [9.17, 15) is 23.2 Å². The van der Waals surface area contributed by atoms with Crippen LogP contribution in [-0.4, -0.2) is 68.7 Å². The van der Waals surface area contributed by atoms with Crippen molar-refractivity contribution in [2.45, 2.75) is 19.5 Å². The molecule has 1 aromatic carbocycles. The molecular formula is C19H22N8O7S. The molecule has 2 aromatic heterocycles. The van der Waals surface area contributed by atoms with Crippen molar-refractivity contribution in [1.29, 1.82) is 0 Å². The van der Waals surface area contributed by atoms with Crippen molar-refractivity contribution in [1.82, 2.24) is 29.9 Å². The van der Waals surface area contributed by atoms with E-state index >= 15 is 0 Å². The summed E-state index contributed by atoms with van der Waals surface area (Å²) in [5.74, 6) is -3.78. The van der Waals surface area contributed by atoms with Crippen LogP contribution in [0.4, 0.5) is 17.5 Å². The number of anilines is 2. The van der Waals surface area contributed by atoms with Crippen molar-refractivity contribution in [3.05, 3.63) is 46.4 Å². The molecule has 0 saturated heterocycles. The third-order valence-corrected chi connectivity index (χ3v) is 5.67. The first-order valence-electron chi connectivity index (χ1n) is 9.87. The summed E-state index contributed by atoms with van der Waals surface area (Å²) < 4.78 is 30.0. The molecule has 0 aliphatic heterocycles. The molecule has 2 heterocycles. The smallest absolute Gasteiger partial charge is 0.327 e. The van der Waals surface area contributed by atoms with Gasteiger partial charge in [-0.1, -0.05) is 0 Å². The van der Waals surface area contributed by atoms with Gasteiger partial charge in [-0.2, -0.15) is 18.4 Å². The number of hydrogen-bond acceptors (Lipinski definition) is 11. The minimum atomic E-state index is -4.65. The molecule has 16 heteroatoms. The molecule has 1 unspecified atom stereocenters. The second-order valence-corrected chi connectivity index (χ2v) is 9.37. The number of carbonyl (C=O) groups excluding carboxylic acids is 1. The van der Waals surface area contributed by atoms with E-state index in [-0.39, 0.29) is 40.7 Å². The Kier molecular flexibility index (Phi) is 6.84. The fourth-order valence-electron chi connectivity index (χ4n) is 3.41. The van der Waals surface area contributed by atoms with Gasteiger partial charge < -0.3 is 31.7 Å². The number of hydrogen-bond donors (Lipinski definition) is 5. The summed E-state index contributed by atoms with van der Waals surface area (Å²) in [7, 11) is -3.29. The maximum absolute atomic E-state index is 13.4. The van der Waals surface area contributed by atoms with Crippen LogP contribution in [0.1, 0.15) is 21.6 Å². The predicted octanol–water partition coefficient (Wildman–Crippen LogP) is -0.401. The van der Waals surface area contributed by atoms with Gasteiger partial charge in [0.1, 0.15) is 29.7 Å². The van der Waals surface area contributed by atoms with E-state index in [2.05, 4.69) is 19.9 Å². The highest BCUT2D eigenvalue weighted by Gasteiger charge is 2.27. The number of nitrogens with two attached hydrogens (primary N) is 2. The zero-order valence-electron chi connectivity index (χ0n) is 18.5. The van der Waals surface area contributed by atoms with Crippen LogP contribution in [0.2, 0.25) is 0 Å². The molecule has 186 valence electrons. The number of benzene rings is 1. The van der Waals surface area contributed by atoms with E-state index in [0.29, 0.717) is 11.3 Å². The fourth-order valence-corrected chi connectivity index (χ4v) is 4.05. The lowest BCUT2D eigenvalue weighted by atomic mass is 10.1. The SMILES string of the molecule is Cc1cc(C(=O)N[C@@H](CS(=O)(=O)O)C(=O)O)ccc1[N+](C)([O-])Cc1cnc2nc(N)nc(N)c2n1. The molecule has 0 radical (unpaired) electrons. The lowest BCUT2D eigenvalue weighted by molar-refractivity contribution is -0.138. The van der Waals surface area contributed by atoms with Crippen molar-refractivity contribution in [3.63, 3.8) is 0 Å². The first-order chi connectivity index (χ1) is 16.2. The predicted molar refractivity (Wildman–Crippen MR) is 125 cm³/mol. The average molecular weight is 507 g/mol. The maximum atomic E-state index is 13.4. The standard InChI is InChI=1S/C19H22N8O7S/c1-9-5-10(17(28)24-12(18(29)30)8-35(32,33)34)3-4-13(9)27(2,31)7-11-6-22-16-14(23-11)15(20)25-19(21)26-16/h3-6,12H,7-8H2,1-2H3,(H,24,28)(H,29,30)(H,32,33,34)(H4,20,21,22,25,26)/t12-,27?/m0/s1. The molecule has 2 atom stereocenters. The van der Waals surface area contributed by atoms with E-state index < -0.39 is 38.4 Å². The largest absolute Gasteiger partial charge is 0.627 e. The van der Waals surface area contributed by atoms with Crippen LogP contribution in [0.15, 0.2) is 24.4 Å². The number of nitrogens with zero attached hydrogens (tertiary/aromatic N) is 5. The number of carbonyl (C=O) groups is 2. The van der Waals surface area contributed by atoms with Gasteiger partial charge in [0, 0.05) is 17.2 Å². The number of carboxylic acid groups (broad SMARTS) is 1. The number of aryl methyl sites for hydroxylation is 1. The molecule has 0 aliphatic rings. The molecule has 0 fully saturated rings. The van der Waals surface area contributed by atoms with E-state index in [0.717, 1.165) is 0 Å². The lowest BCUT2D eigenvalue weighted by Crippen LogP contribution is -2.45. The van der Waals surface area contributed by atoms with Gasteiger partial charge in [-0.15, -0.1) is 0 Å². The Bertz CT molecular complexity index is 1430. The molecule has 0 bridgehead atoms. The van der Waals surface area contributed by atoms with Crippen LogP contribution in [0, 0.1) is 12.1 Å². The normalized spacial score (nSPS) is 14.3. The molecular weight excluding hydrogens is 484 g/mol. The molecule has 1 amide bonds. The number of carboxylic acids is 1. The maximum Gasteiger partial charge on any atom is 0.327 e. The van der Waals surface area contributed by atoms with Crippen molar-refractivity contribution >= 4 is 50.6 Å². The number of aliphatic carboxylic acids is 1. The molecule has 3 aromatic rings. The Morgan fingerprint density at radius 3 is 2.51 bits per heavy atom. The van der Waals surface area contributed by atoms with Crippen LogP contribution < -0.4 is 21.4 Å². The van der Waals surface area contributed by atoms with Gasteiger partial charge in [0.2, 0.25) is 5.95 Å². The van der Waals surface area contributed by atoms with Crippen LogP contribution in [0.3, 0.4) is 0 Å². The highest BCUT2D eigenvalue weighted by molar-refractivity contribution is 7.85. The van der Waals surface area contributed by atoms with Crippen LogP contribution in [-0.2, 0) is 21.5 Å². The molecule has 7 N–H and O–H groups in total. The van der Waals surface area contributed by atoms with E-state index in [4.69, 9.17) is 21.1 Å². The molecule has 35 heavy (non-hydrogen) atoms. The summed E-state index contributed by atoms with van der Waals surface area (Å²) in [6.45, 7) is 1.42. The van der Waals surface area contributed by atoms with Gasteiger partial charge in [0.15, 0.2) is 17.0 Å². The second kappa shape index (κ2) is 9.34.